The zero-order valence-electron chi connectivity index (χ0n) is 10.6. The van der Waals surface area contributed by atoms with Crippen LogP contribution >= 0.6 is 0 Å². The van der Waals surface area contributed by atoms with Gasteiger partial charge in [-0.15, -0.1) is 0 Å². The van der Waals surface area contributed by atoms with Gasteiger partial charge in [0.2, 0.25) is 5.95 Å². The first-order valence-electron chi connectivity index (χ1n) is 6.53. The molecule has 0 aliphatic heterocycles. The van der Waals surface area contributed by atoms with Crippen molar-refractivity contribution in [1.82, 2.24) is 10.3 Å². The third kappa shape index (κ3) is 3.50. The molecule has 5 heteroatoms. The first kappa shape index (κ1) is 13.5. The average molecular weight is 261 g/mol. The van der Waals surface area contributed by atoms with Crippen molar-refractivity contribution in [1.29, 1.82) is 5.26 Å². The predicted molar refractivity (Wildman–Crippen MR) is 67.6 cm³/mol. The molecular weight excluding hydrogens is 245 g/mol. The molecule has 1 aliphatic carbocycles. The van der Waals surface area contributed by atoms with Crippen LogP contribution in [0.2, 0.25) is 0 Å². The lowest BCUT2D eigenvalue weighted by atomic mass is 9.84. The van der Waals surface area contributed by atoms with E-state index < -0.39 is 17.9 Å². The van der Waals surface area contributed by atoms with Crippen LogP contribution in [0.15, 0.2) is 18.3 Å². The van der Waals surface area contributed by atoms with E-state index >= 15 is 0 Å². The molecule has 0 bridgehead atoms. The highest BCUT2D eigenvalue weighted by Crippen LogP contribution is 2.26. The van der Waals surface area contributed by atoms with Crippen LogP contribution in [-0.2, 0) is 0 Å². The molecule has 100 valence electrons. The summed E-state index contributed by atoms with van der Waals surface area (Å²) in [6.45, 7) is 0. The number of pyridine rings is 1. The summed E-state index contributed by atoms with van der Waals surface area (Å²) >= 11 is 0. The van der Waals surface area contributed by atoms with Crippen molar-refractivity contribution >= 4 is 5.91 Å². The summed E-state index contributed by atoms with van der Waals surface area (Å²) in [5, 5.41) is 11.9. The van der Waals surface area contributed by atoms with E-state index in [1.807, 2.05) is 0 Å². The third-order valence-corrected chi connectivity index (χ3v) is 3.54. The SMILES string of the molecule is N#CC(NC(=O)c1ccnc(F)c1)C1CCCCC1. The van der Waals surface area contributed by atoms with Crippen molar-refractivity contribution in [3.8, 4) is 6.07 Å². The van der Waals surface area contributed by atoms with Crippen molar-refractivity contribution in [3.63, 3.8) is 0 Å². The summed E-state index contributed by atoms with van der Waals surface area (Å²) in [6.07, 6.45) is 6.56. The molecule has 1 aromatic heterocycles. The van der Waals surface area contributed by atoms with Crippen molar-refractivity contribution in [2.75, 3.05) is 0 Å². The maximum atomic E-state index is 12.9. The summed E-state index contributed by atoms with van der Waals surface area (Å²) in [6, 6.07) is 4.16. The second-order valence-corrected chi connectivity index (χ2v) is 4.85. The number of halogens is 1. The van der Waals surface area contributed by atoms with E-state index in [0.29, 0.717) is 0 Å². The molecule has 1 fully saturated rings. The highest BCUT2D eigenvalue weighted by atomic mass is 19.1. The minimum atomic E-state index is -0.696. The normalized spacial score (nSPS) is 17.5. The summed E-state index contributed by atoms with van der Waals surface area (Å²) in [5.74, 6) is -0.911. The summed E-state index contributed by atoms with van der Waals surface area (Å²) in [5.41, 5.74) is 0.198. The van der Waals surface area contributed by atoms with E-state index in [1.54, 1.807) is 0 Å². The van der Waals surface area contributed by atoms with Gasteiger partial charge in [0.25, 0.3) is 5.91 Å². The molecule has 1 atom stereocenters. The molecule has 1 amide bonds. The van der Waals surface area contributed by atoms with Gasteiger partial charge >= 0.3 is 0 Å². The monoisotopic (exact) mass is 261 g/mol. The van der Waals surface area contributed by atoms with E-state index in [1.165, 1.54) is 18.7 Å². The first-order chi connectivity index (χ1) is 9.20. The van der Waals surface area contributed by atoms with Crippen molar-refractivity contribution in [2.24, 2.45) is 5.92 Å². The van der Waals surface area contributed by atoms with Gasteiger partial charge in [-0.3, -0.25) is 4.79 Å². The Morgan fingerprint density at radius 1 is 1.47 bits per heavy atom. The van der Waals surface area contributed by atoms with E-state index in [9.17, 15) is 14.4 Å². The maximum Gasteiger partial charge on any atom is 0.252 e. The molecule has 1 saturated carbocycles. The lowest BCUT2D eigenvalue weighted by Crippen LogP contribution is -2.40. The van der Waals surface area contributed by atoms with Gasteiger partial charge in [0.05, 0.1) is 6.07 Å². The van der Waals surface area contributed by atoms with Crippen molar-refractivity contribution in [2.45, 2.75) is 38.1 Å². The summed E-state index contributed by atoms with van der Waals surface area (Å²) in [4.78, 5) is 15.4. The zero-order valence-corrected chi connectivity index (χ0v) is 10.6. The van der Waals surface area contributed by atoms with Crippen LogP contribution in [0, 0.1) is 23.2 Å². The van der Waals surface area contributed by atoms with E-state index in [-0.39, 0.29) is 11.5 Å². The minimum absolute atomic E-state index is 0.198. The Balaban J connectivity index is 2.02. The van der Waals surface area contributed by atoms with Gasteiger partial charge in [-0.25, -0.2) is 4.98 Å². The van der Waals surface area contributed by atoms with Gasteiger partial charge in [0.1, 0.15) is 6.04 Å². The van der Waals surface area contributed by atoms with Gasteiger partial charge in [-0.1, -0.05) is 19.3 Å². The van der Waals surface area contributed by atoms with Gasteiger partial charge in [-0.05, 0) is 24.8 Å². The Labute approximate surface area is 111 Å². The first-order valence-corrected chi connectivity index (χ1v) is 6.53. The van der Waals surface area contributed by atoms with Gasteiger partial charge in [0.15, 0.2) is 0 Å². The van der Waals surface area contributed by atoms with Crippen LogP contribution in [0.4, 0.5) is 4.39 Å². The number of carbonyl (C=O) groups excluding carboxylic acids is 1. The van der Waals surface area contributed by atoms with E-state index in [4.69, 9.17) is 0 Å². The Kier molecular flexibility index (Phi) is 4.45. The fourth-order valence-electron chi connectivity index (χ4n) is 2.49. The second-order valence-electron chi connectivity index (χ2n) is 4.85. The maximum absolute atomic E-state index is 12.9. The number of nitrogens with zero attached hydrogens (tertiary/aromatic N) is 2. The Morgan fingerprint density at radius 2 is 2.21 bits per heavy atom. The van der Waals surface area contributed by atoms with Crippen LogP contribution in [-0.4, -0.2) is 16.9 Å². The van der Waals surface area contributed by atoms with Gasteiger partial charge in [-0.2, -0.15) is 9.65 Å². The quantitative estimate of drug-likeness (QED) is 0.850. The zero-order chi connectivity index (χ0) is 13.7. The highest BCUT2D eigenvalue weighted by Gasteiger charge is 2.25. The highest BCUT2D eigenvalue weighted by molar-refractivity contribution is 5.94. The standard InChI is InChI=1S/C14H16FN3O/c15-13-8-11(6-7-17-13)14(19)18-12(9-16)10-4-2-1-3-5-10/h6-8,10,12H,1-5H2,(H,18,19). The fourth-order valence-corrected chi connectivity index (χ4v) is 2.49. The molecule has 4 nitrogen and oxygen atoms in total. The number of amides is 1. The van der Waals surface area contributed by atoms with Crippen LogP contribution in [0.5, 0.6) is 0 Å². The third-order valence-electron chi connectivity index (χ3n) is 3.54. The van der Waals surface area contributed by atoms with Crippen molar-refractivity contribution < 1.29 is 9.18 Å². The molecule has 0 radical (unpaired) electrons. The smallest absolute Gasteiger partial charge is 0.252 e. The van der Waals surface area contributed by atoms with Gasteiger partial charge in [0, 0.05) is 17.8 Å². The molecule has 0 aromatic carbocycles. The molecule has 19 heavy (non-hydrogen) atoms. The molecule has 1 heterocycles. The van der Waals surface area contributed by atoms with E-state index in [2.05, 4.69) is 16.4 Å². The molecule has 0 saturated heterocycles. The molecule has 1 aliphatic rings. The summed E-state index contributed by atoms with van der Waals surface area (Å²) in [7, 11) is 0. The second kappa shape index (κ2) is 6.28. The number of nitriles is 1. The number of aromatic nitrogens is 1. The molecular formula is C14H16FN3O. The molecule has 1 aromatic rings. The van der Waals surface area contributed by atoms with Crippen LogP contribution in [0.3, 0.4) is 0 Å². The fraction of sp³-hybridized carbons (Fsp3) is 0.500. The summed E-state index contributed by atoms with van der Waals surface area (Å²) < 4.78 is 12.9. The average Bonchev–Trinajstić information content (AvgIpc) is 2.45. The minimum Gasteiger partial charge on any atom is -0.336 e. The van der Waals surface area contributed by atoms with Crippen LogP contribution in [0.1, 0.15) is 42.5 Å². The number of hydrogen-bond acceptors (Lipinski definition) is 3. The largest absolute Gasteiger partial charge is 0.336 e. The molecule has 1 N–H and O–H groups in total. The Morgan fingerprint density at radius 3 is 2.84 bits per heavy atom. The van der Waals surface area contributed by atoms with E-state index in [0.717, 1.165) is 31.7 Å². The van der Waals surface area contributed by atoms with Gasteiger partial charge < -0.3 is 5.32 Å². The van der Waals surface area contributed by atoms with Crippen molar-refractivity contribution in [3.05, 3.63) is 29.8 Å². The number of rotatable bonds is 3. The number of hydrogen-bond donors (Lipinski definition) is 1. The van der Waals surface area contributed by atoms with Crippen LogP contribution < -0.4 is 5.32 Å². The van der Waals surface area contributed by atoms with Crippen LogP contribution in [0.25, 0.3) is 0 Å². The lowest BCUT2D eigenvalue weighted by Gasteiger charge is -2.26. The molecule has 0 spiro atoms. The lowest BCUT2D eigenvalue weighted by molar-refractivity contribution is 0.0928. The molecule has 2 rings (SSSR count). The Hall–Kier alpha value is -1.96. The number of nitrogens with one attached hydrogen (secondary N) is 1. The number of carbonyl (C=O) groups is 1. The predicted octanol–water partition coefficient (Wildman–Crippen LogP) is 2.42. The molecule has 1 unspecified atom stereocenters. The Bertz CT molecular complexity index is 492. The topological polar surface area (TPSA) is 65.8 Å².